The van der Waals surface area contributed by atoms with E-state index in [2.05, 4.69) is 30.5 Å². The smallest absolute Gasteiger partial charge is 0.238 e. The summed E-state index contributed by atoms with van der Waals surface area (Å²) in [7, 11) is 3.24. The Labute approximate surface area is 177 Å². The van der Waals surface area contributed by atoms with Crippen molar-refractivity contribution in [2.24, 2.45) is 0 Å². The highest BCUT2D eigenvalue weighted by molar-refractivity contribution is 6.31. The van der Waals surface area contributed by atoms with Gasteiger partial charge in [0.15, 0.2) is 0 Å². The number of nitrogens with zero attached hydrogens (tertiary/aromatic N) is 1. The van der Waals surface area contributed by atoms with Crippen LogP contribution in [-0.2, 0) is 9.59 Å². The Kier molecular flexibility index (Phi) is 8.05. The molecule has 156 valence electrons. The number of amides is 2. The average Bonchev–Trinajstić information content (AvgIpc) is 2.63. The summed E-state index contributed by atoms with van der Waals surface area (Å²) >= 11 is 5.98. The maximum absolute atomic E-state index is 12.4. The van der Waals surface area contributed by atoms with Crippen LogP contribution in [0.15, 0.2) is 36.4 Å². The normalized spacial score (nSPS) is 11.8. The molecule has 0 spiro atoms. The number of anilines is 1. The van der Waals surface area contributed by atoms with Crippen LogP contribution in [0.4, 0.5) is 5.69 Å². The minimum Gasteiger partial charge on any atom is -0.495 e. The maximum atomic E-state index is 12.4. The molecule has 0 radical (unpaired) electrons. The Morgan fingerprint density at radius 3 is 2.41 bits per heavy atom. The molecule has 0 bridgehead atoms. The van der Waals surface area contributed by atoms with E-state index in [9.17, 15) is 9.59 Å². The van der Waals surface area contributed by atoms with Crippen molar-refractivity contribution >= 4 is 29.1 Å². The summed E-state index contributed by atoms with van der Waals surface area (Å²) in [5.74, 6) is 0.111. The van der Waals surface area contributed by atoms with Gasteiger partial charge in [0.1, 0.15) is 5.75 Å². The third kappa shape index (κ3) is 6.76. The van der Waals surface area contributed by atoms with Crippen LogP contribution in [0.5, 0.6) is 5.75 Å². The van der Waals surface area contributed by atoms with Crippen LogP contribution in [-0.4, -0.2) is 44.0 Å². The first-order valence-electron chi connectivity index (χ1n) is 9.38. The van der Waals surface area contributed by atoms with E-state index in [-0.39, 0.29) is 30.9 Å². The van der Waals surface area contributed by atoms with Crippen LogP contribution in [0.1, 0.15) is 29.7 Å². The lowest BCUT2D eigenvalue weighted by Crippen LogP contribution is -2.39. The number of carbonyl (C=O) groups excluding carboxylic acids is 2. The molecule has 29 heavy (non-hydrogen) atoms. The number of hydrogen-bond donors (Lipinski definition) is 2. The van der Waals surface area contributed by atoms with Gasteiger partial charge in [-0.3, -0.25) is 14.5 Å². The summed E-state index contributed by atoms with van der Waals surface area (Å²) in [5, 5.41) is 6.23. The lowest BCUT2D eigenvalue weighted by Gasteiger charge is -2.20. The average molecular weight is 418 g/mol. The number of benzene rings is 2. The van der Waals surface area contributed by atoms with E-state index in [1.807, 2.05) is 19.1 Å². The monoisotopic (exact) mass is 417 g/mol. The largest absolute Gasteiger partial charge is 0.495 e. The highest BCUT2D eigenvalue weighted by Gasteiger charge is 2.15. The zero-order chi connectivity index (χ0) is 21.6. The standard InChI is InChI=1S/C22H28ClN3O3/c1-14-6-7-17(10-15(14)2)16(3)24-21(27)12-26(4)13-22(28)25-19-11-18(23)8-9-20(19)29-5/h6-11,16H,12-13H2,1-5H3,(H,24,27)(H,25,28)/t16-/m1/s1. The SMILES string of the molecule is COc1ccc(Cl)cc1NC(=O)CN(C)CC(=O)N[C@H](C)c1ccc(C)c(C)c1. The first kappa shape index (κ1) is 22.7. The van der Waals surface area contributed by atoms with Gasteiger partial charge in [-0.15, -0.1) is 0 Å². The third-order valence-electron chi connectivity index (χ3n) is 4.67. The van der Waals surface area contributed by atoms with Gasteiger partial charge in [0, 0.05) is 5.02 Å². The molecule has 0 saturated carbocycles. The van der Waals surface area contributed by atoms with E-state index in [4.69, 9.17) is 16.3 Å². The molecule has 0 heterocycles. The van der Waals surface area contributed by atoms with Gasteiger partial charge in [0.05, 0.1) is 31.9 Å². The molecular weight excluding hydrogens is 390 g/mol. The van der Waals surface area contributed by atoms with Crippen LogP contribution < -0.4 is 15.4 Å². The molecule has 0 aliphatic heterocycles. The van der Waals surface area contributed by atoms with Crippen molar-refractivity contribution in [2.75, 3.05) is 32.6 Å². The minimum atomic E-state index is -0.261. The van der Waals surface area contributed by atoms with Gasteiger partial charge in [0.25, 0.3) is 0 Å². The fourth-order valence-electron chi connectivity index (χ4n) is 2.92. The van der Waals surface area contributed by atoms with Crippen LogP contribution in [0, 0.1) is 13.8 Å². The van der Waals surface area contributed by atoms with E-state index >= 15 is 0 Å². The number of ether oxygens (including phenoxy) is 1. The zero-order valence-corrected chi connectivity index (χ0v) is 18.3. The Morgan fingerprint density at radius 2 is 1.76 bits per heavy atom. The number of aryl methyl sites for hydroxylation is 2. The number of halogens is 1. The third-order valence-corrected chi connectivity index (χ3v) is 4.91. The molecule has 2 aromatic rings. The van der Waals surface area contributed by atoms with Gasteiger partial charge >= 0.3 is 0 Å². The number of carbonyl (C=O) groups is 2. The molecule has 2 rings (SSSR count). The Balaban J connectivity index is 1.87. The summed E-state index contributed by atoms with van der Waals surface area (Å²) < 4.78 is 5.22. The van der Waals surface area contributed by atoms with E-state index in [0.29, 0.717) is 16.5 Å². The molecule has 0 saturated heterocycles. The Morgan fingerprint density at radius 1 is 1.07 bits per heavy atom. The molecular formula is C22H28ClN3O3. The molecule has 2 aromatic carbocycles. The highest BCUT2D eigenvalue weighted by atomic mass is 35.5. The Bertz CT molecular complexity index is 886. The second kappa shape index (κ2) is 10.3. The fourth-order valence-corrected chi connectivity index (χ4v) is 3.09. The van der Waals surface area contributed by atoms with Crippen LogP contribution >= 0.6 is 11.6 Å². The molecule has 0 aliphatic carbocycles. The number of rotatable bonds is 8. The Hall–Kier alpha value is -2.57. The van der Waals surface area contributed by atoms with Crippen LogP contribution in [0.25, 0.3) is 0 Å². The minimum absolute atomic E-state index is 0.0567. The van der Waals surface area contributed by atoms with Crippen molar-refractivity contribution in [3.63, 3.8) is 0 Å². The second-order valence-corrected chi connectivity index (χ2v) is 7.63. The van der Waals surface area contributed by atoms with E-state index in [1.165, 1.54) is 18.2 Å². The molecule has 0 unspecified atom stereocenters. The quantitative estimate of drug-likeness (QED) is 0.686. The summed E-state index contributed by atoms with van der Waals surface area (Å²) in [4.78, 5) is 26.3. The molecule has 2 N–H and O–H groups in total. The van der Waals surface area contributed by atoms with E-state index in [0.717, 1.165) is 5.56 Å². The van der Waals surface area contributed by atoms with E-state index in [1.54, 1.807) is 30.1 Å². The lowest BCUT2D eigenvalue weighted by atomic mass is 10.0. The van der Waals surface area contributed by atoms with Gasteiger partial charge in [-0.2, -0.15) is 0 Å². The van der Waals surface area contributed by atoms with Crippen molar-refractivity contribution < 1.29 is 14.3 Å². The van der Waals surface area contributed by atoms with E-state index < -0.39 is 0 Å². The number of nitrogens with one attached hydrogen (secondary N) is 2. The molecule has 2 amide bonds. The number of likely N-dealkylation sites (N-methyl/N-ethyl adjacent to an activating group) is 1. The molecule has 0 aliphatic rings. The number of methoxy groups -OCH3 is 1. The summed E-state index contributed by atoms with van der Waals surface area (Å²) in [6.07, 6.45) is 0. The van der Waals surface area contributed by atoms with Gasteiger partial charge in [-0.05, 0) is 62.7 Å². The van der Waals surface area contributed by atoms with Crippen LogP contribution in [0.2, 0.25) is 5.02 Å². The highest BCUT2D eigenvalue weighted by Crippen LogP contribution is 2.27. The van der Waals surface area contributed by atoms with Gasteiger partial charge in [-0.25, -0.2) is 0 Å². The van der Waals surface area contributed by atoms with Gasteiger partial charge in [-0.1, -0.05) is 29.8 Å². The molecule has 6 nitrogen and oxygen atoms in total. The molecule has 0 aromatic heterocycles. The summed E-state index contributed by atoms with van der Waals surface area (Å²) in [6, 6.07) is 11.0. The summed E-state index contributed by atoms with van der Waals surface area (Å²) in [5.41, 5.74) is 3.95. The first-order chi connectivity index (χ1) is 13.7. The predicted octanol–water partition coefficient (Wildman–Crippen LogP) is 3.71. The van der Waals surface area contributed by atoms with Crippen molar-refractivity contribution in [1.82, 2.24) is 10.2 Å². The second-order valence-electron chi connectivity index (χ2n) is 7.20. The van der Waals surface area contributed by atoms with Crippen LogP contribution in [0.3, 0.4) is 0 Å². The predicted molar refractivity (Wildman–Crippen MR) is 117 cm³/mol. The molecule has 0 fully saturated rings. The van der Waals surface area contributed by atoms with Crippen molar-refractivity contribution in [3.8, 4) is 5.75 Å². The first-order valence-corrected chi connectivity index (χ1v) is 9.76. The summed E-state index contributed by atoms with van der Waals surface area (Å²) in [6.45, 7) is 6.21. The maximum Gasteiger partial charge on any atom is 0.238 e. The van der Waals surface area contributed by atoms with Crippen molar-refractivity contribution in [2.45, 2.75) is 26.8 Å². The fraction of sp³-hybridized carbons (Fsp3) is 0.364. The van der Waals surface area contributed by atoms with Crippen molar-refractivity contribution in [1.29, 1.82) is 0 Å². The number of hydrogen-bond acceptors (Lipinski definition) is 4. The molecule has 1 atom stereocenters. The topological polar surface area (TPSA) is 70.7 Å². The van der Waals surface area contributed by atoms with Crippen molar-refractivity contribution in [3.05, 3.63) is 58.1 Å². The zero-order valence-electron chi connectivity index (χ0n) is 17.5. The van der Waals surface area contributed by atoms with Gasteiger partial charge in [0.2, 0.25) is 11.8 Å². The lowest BCUT2D eigenvalue weighted by molar-refractivity contribution is -0.123. The van der Waals surface area contributed by atoms with Gasteiger partial charge < -0.3 is 15.4 Å². The molecule has 7 heteroatoms.